The van der Waals surface area contributed by atoms with E-state index in [2.05, 4.69) is 196 Å². The van der Waals surface area contributed by atoms with Gasteiger partial charge < -0.3 is 0 Å². The molecular weight excluding hydrogens is 637 g/mol. The van der Waals surface area contributed by atoms with Gasteiger partial charge in [-0.15, -0.1) is 0 Å². The monoisotopic (exact) mass is 672 g/mol. The lowest BCUT2D eigenvalue weighted by molar-refractivity contribution is 0.667. The summed E-state index contributed by atoms with van der Waals surface area (Å²) in [4.78, 5) is 0. The summed E-state index contributed by atoms with van der Waals surface area (Å²) in [5.41, 5.74) is 13.0. The Kier molecular flexibility index (Phi) is 6.40. The molecule has 0 bridgehead atoms. The largest absolute Gasteiger partial charge is 0.0622 e. The van der Waals surface area contributed by atoms with E-state index in [1.807, 2.05) is 0 Å². The zero-order valence-corrected chi connectivity index (χ0v) is 29.8. The van der Waals surface area contributed by atoms with Crippen LogP contribution >= 0.6 is 0 Å². The highest BCUT2D eigenvalue weighted by atomic mass is 14.4. The Morgan fingerprint density at radius 1 is 0.283 bits per heavy atom. The van der Waals surface area contributed by atoms with Crippen molar-refractivity contribution in [2.75, 3.05) is 0 Å². The van der Waals surface area contributed by atoms with E-state index in [0.29, 0.717) is 0 Å². The third-order valence-corrected chi connectivity index (χ3v) is 12.0. The summed E-state index contributed by atoms with van der Waals surface area (Å²) in [6.45, 7) is 4.88. The Morgan fingerprint density at radius 2 is 0.660 bits per heavy atom. The van der Waals surface area contributed by atoms with Gasteiger partial charge in [-0.3, -0.25) is 0 Å². The first-order valence-electron chi connectivity index (χ1n) is 18.7. The zero-order chi connectivity index (χ0) is 35.3. The van der Waals surface area contributed by atoms with Crippen LogP contribution < -0.4 is 0 Å². The highest BCUT2D eigenvalue weighted by Gasteiger charge is 2.40. The average Bonchev–Trinajstić information content (AvgIpc) is 3.46. The van der Waals surface area contributed by atoms with Crippen LogP contribution in [-0.2, 0) is 5.41 Å². The normalized spacial score (nSPS) is 13.2. The Hall–Kier alpha value is -6.50. The number of fused-ring (bicyclic) bond motifs is 12. The van der Waals surface area contributed by atoms with Crippen LogP contribution in [0.5, 0.6) is 0 Å². The second-order valence-electron chi connectivity index (χ2n) is 15.1. The predicted octanol–water partition coefficient (Wildman–Crippen LogP) is 14.8. The smallest absolute Gasteiger partial charge is 0.0165 e. The van der Waals surface area contributed by atoms with Gasteiger partial charge in [-0.05, 0) is 116 Å². The second-order valence-corrected chi connectivity index (χ2v) is 15.1. The molecule has 248 valence electrons. The molecule has 0 aliphatic heterocycles. The maximum Gasteiger partial charge on any atom is 0.0165 e. The molecule has 0 atom stereocenters. The minimum absolute atomic E-state index is 0.215. The molecule has 10 aromatic rings. The fourth-order valence-corrected chi connectivity index (χ4v) is 9.81. The molecule has 0 heterocycles. The van der Waals surface area contributed by atoms with Gasteiger partial charge in [0.1, 0.15) is 0 Å². The molecule has 0 radical (unpaired) electrons. The minimum atomic E-state index is -0.215. The van der Waals surface area contributed by atoms with Crippen molar-refractivity contribution in [3.05, 3.63) is 193 Å². The molecule has 0 fully saturated rings. The zero-order valence-electron chi connectivity index (χ0n) is 29.8. The maximum absolute atomic E-state index is 2.56. The molecule has 0 spiro atoms. The third-order valence-electron chi connectivity index (χ3n) is 12.0. The Labute approximate surface area is 309 Å². The van der Waals surface area contributed by atoms with Crippen molar-refractivity contribution >= 4 is 53.9 Å². The minimum Gasteiger partial charge on any atom is -0.0622 e. The van der Waals surface area contributed by atoms with Gasteiger partial charge in [0, 0.05) is 5.41 Å². The van der Waals surface area contributed by atoms with Crippen LogP contribution in [0.2, 0.25) is 0 Å². The van der Waals surface area contributed by atoms with E-state index in [0.717, 1.165) is 0 Å². The van der Waals surface area contributed by atoms with Crippen molar-refractivity contribution < 1.29 is 0 Å². The molecule has 0 aromatic heterocycles. The molecule has 0 unspecified atom stereocenters. The van der Waals surface area contributed by atoms with Crippen LogP contribution in [0.15, 0.2) is 182 Å². The second kappa shape index (κ2) is 11.2. The molecular formula is C53H36. The van der Waals surface area contributed by atoms with E-state index in [9.17, 15) is 0 Å². The summed E-state index contributed by atoms with van der Waals surface area (Å²) in [7, 11) is 0. The molecule has 0 amide bonds. The van der Waals surface area contributed by atoms with Gasteiger partial charge in [-0.25, -0.2) is 0 Å². The molecule has 1 aliphatic rings. The van der Waals surface area contributed by atoms with Crippen molar-refractivity contribution in [2.24, 2.45) is 0 Å². The molecule has 0 saturated carbocycles. The van der Waals surface area contributed by atoms with Crippen molar-refractivity contribution in [1.29, 1.82) is 0 Å². The van der Waals surface area contributed by atoms with E-state index >= 15 is 0 Å². The van der Waals surface area contributed by atoms with Crippen molar-refractivity contribution in [2.45, 2.75) is 19.3 Å². The van der Waals surface area contributed by atoms with E-state index in [4.69, 9.17) is 0 Å². The van der Waals surface area contributed by atoms with E-state index in [1.54, 1.807) is 0 Å². The van der Waals surface area contributed by atoms with Crippen LogP contribution in [-0.4, -0.2) is 0 Å². The van der Waals surface area contributed by atoms with Gasteiger partial charge in [0.15, 0.2) is 0 Å². The fraction of sp³-hybridized carbons (Fsp3) is 0.0566. The molecule has 0 nitrogen and oxygen atoms in total. The first-order valence-corrected chi connectivity index (χ1v) is 18.7. The summed E-state index contributed by atoms with van der Waals surface area (Å²) in [5.74, 6) is 0. The number of benzene rings is 10. The van der Waals surface area contributed by atoms with Gasteiger partial charge in [-0.1, -0.05) is 190 Å². The number of rotatable bonds is 3. The van der Waals surface area contributed by atoms with E-state index < -0.39 is 0 Å². The fourth-order valence-electron chi connectivity index (χ4n) is 9.81. The molecule has 53 heavy (non-hydrogen) atoms. The lowest BCUT2D eigenvalue weighted by Gasteiger charge is -2.25. The number of hydrogen-bond donors (Lipinski definition) is 0. The van der Waals surface area contributed by atoms with E-state index in [1.165, 1.54) is 109 Å². The quantitative estimate of drug-likeness (QED) is 0.129. The predicted molar refractivity (Wildman–Crippen MR) is 228 cm³/mol. The molecule has 11 rings (SSSR count). The van der Waals surface area contributed by atoms with Crippen LogP contribution in [0.1, 0.15) is 25.0 Å². The van der Waals surface area contributed by atoms with Crippen LogP contribution in [0.3, 0.4) is 0 Å². The van der Waals surface area contributed by atoms with Gasteiger partial charge >= 0.3 is 0 Å². The molecule has 0 N–H and O–H groups in total. The topological polar surface area (TPSA) is 0 Å². The Bertz CT molecular complexity index is 3070. The molecule has 1 aliphatic carbocycles. The first kappa shape index (κ1) is 30.2. The Balaban J connectivity index is 1.28. The van der Waals surface area contributed by atoms with Crippen LogP contribution in [0.4, 0.5) is 0 Å². The van der Waals surface area contributed by atoms with Crippen molar-refractivity contribution in [3.8, 4) is 44.5 Å². The van der Waals surface area contributed by atoms with Gasteiger partial charge in [-0.2, -0.15) is 0 Å². The highest BCUT2D eigenvalue weighted by molar-refractivity contribution is 6.27. The van der Waals surface area contributed by atoms with Crippen LogP contribution in [0, 0.1) is 0 Å². The summed E-state index contributed by atoms with van der Waals surface area (Å²) < 4.78 is 0. The maximum atomic E-state index is 2.56. The summed E-state index contributed by atoms with van der Waals surface area (Å²) in [6.07, 6.45) is 0. The number of hydrogen-bond acceptors (Lipinski definition) is 0. The third kappa shape index (κ3) is 4.18. The Morgan fingerprint density at radius 3 is 1.23 bits per heavy atom. The van der Waals surface area contributed by atoms with E-state index in [-0.39, 0.29) is 5.41 Å². The summed E-state index contributed by atoms with van der Waals surface area (Å²) in [6, 6.07) is 67.6. The lowest BCUT2D eigenvalue weighted by atomic mass is 9.77. The molecule has 10 aromatic carbocycles. The van der Waals surface area contributed by atoms with Gasteiger partial charge in [0.05, 0.1) is 0 Å². The molecule has 0 saturated heterocycles. The van der Waals surface area contributed by atoms with Crippen molar-refractivity contribution in [3.63, 3.8) is 0 Å². The van der Waals surface area contributed by atoms with Crippen molar-refractivity contribution in [1.82, 2.24) is 0 Å². The summed E-state index contributed by atoms with van der Waals surface area (Å²) >= 11 is 0. The first-order chi connectivity index (χ1) is 26.1. The lowest BCUT2D eigenvalue weighted by Crippen LogP contribution is -2.16. The summed E-state index contributed by atoms with van der Waals surface area (Å²) in [5, 5.41) is 13.0. The van der Waals surface area contributed by atoms with Crippen LogP contribution in [0.25, 0.3) is 98.4 Å². The SMILES string of the molecule is CC1(C)c2cc(-c3c4ccccc4c(-c4ccccc4-c4ccccc4)c4ccccc34)c3ccccc3c2-c2c1c1ccccc1c1ccccc21. The average molecular weight is 673 g/mol. The van der Waals surface area contributed by atoms with Gasteiger partial charge in [0.2, 0.25) is 0 Å². The molecule has 0 heteroatoms. The standard InChI is InChI=1S/C53H36/c1-53(2)47-32-46(37-23-8-11-25-39(37)50(47)51-40-26-12-7-21-35(40)36-22-9-17-31-45(36)52(51)53)49-43-29-15-13-27-41(43)48(42-28-14-16-30-44(42)49)38-24-10-6-20-34(38)33-18-4-3-5-19-33/h3-32H,1-2H3. The van der Waals surface area contributed by atoms with Gasteiger partial charge in [0.25, 0.3) is 0 Å². The highest BCUT2D eigenvalue weighted by Crippen LogP contribution is 2.58.